The van der Waals surface area contributed by atoms with Gasteiger partial charge in [-0.05, 0) is 18.2 Å². The molecule has 0 aliphatic rings. The minimum Gasteiger partial charge on any atom is -0.865 e. The van der Waals surface area contributed by atoms with Crippen LogP contribution in [0, 0.1) is 10.1 Å². The van der Waals surface area contributed by atoms with Crippen LogP contribution in [0.5, 0.6) is 11.5 Å². The molecule has 0 spiro atoms. The van der Waals surface area contributed by atoms with Gasteiger partial charge in [-0.2, -0.15) is 18.3 Å². The Balaban J connectivity index is 2.17. The number of alkyl halides is 3. The topological polar surface area (TPSA) is 113 Å². The molecule has 1 N–H and O–H groups in total. The van der Waals surface area contributed by atoms with E-state index in [4.69, 9.17) is 4.74 Å². The van der Waals surface area contributed by atoms with E-state index in [0.29, 0.717) is 6.20 Å². The molecule has 132 valence electrons. The van der Waals surface area contributed by atoms with Crippen LogP contribution in [0.1, 0.15) is 11.1 Å². The summed E-state index contributed by atoms with van der Waals surface area (Å²) in [6, 6.07) is 4.13. The fourth-order valence-corrected chi connectivity index (χ4v) is 1.77. The van der Waals surface area contributed by atoms with E-state index in [0.717, 1.165) is 24.4 Å². The zero-order valence-electron chi connectivity index (χ0n) is 12.6. The first kappa shape index (κ1) is 18.0. The molecule has 1 aromatic heterocycles. The molecule has 0 saturated heterocycles. The third-order valence-corrected chi connectivity index (χ3v) is 2.96. The molecule has 0 amide bonds. The molecule has 0 atom stereocenters. The molecule has 0 saturated carbocycles. The van der Waals surface area contributed by atoms with E-state index in [1.807, 2.05) is 0 Å². The van der Waals surface area contributed by atoms with Crippen LogP contribution >= 0.6 is 0 Å². The lowest BCUT2D eigenvalue weighted by atomic mass is 10.2. The summed E-state index contributed by atoms with van der Waals surface area (Å²) in [6.07, 6.45) is -2.73. The van der Waals surface area contributed by atoms with Gasteiger partial charge >= 0.3 is 6.18 Å². The number of anilines is 1. The Morgan fingerprint density at radius 1 is 1.36 bits per heavy atom. The number of nitro benzene ring substituents is 1. The van der Waals surface area contributed by atoms with Crippen molar-refractivity contribution in [2.24, 2.45) is 5.10 Å². The maximum atomic E-state index is 12.4. The molecular formula is C14H10F3N4O4-. The molecule has 0 aliphatic carbocycles. The summed E-state index contributed by atoms with van der Waals surface area (Å²) < 4.78 is 42.0. The molecule has 25 heavy (non-hydrogen) atoms. The van der Waals surface area contributed by atoms with Gasteiger partial charge < -0.3 is 9.84 Å². The van der Waals surface area contributed by atoms with Gasteiger partial charge in [-0.15, -0.1) is 0 Å². The van der Waals surface area contributed by atoms with Crippen molar-refractivity contribution >= 4 is 17.7 Å². The first-order valence-corrected chi connectivity index (χ1v) is 6.58. The number of methoxy groups -OCH3 is 1. The molecule has 8 nitrogen and oxygen atoms in total. The monoisotopic (exact) mass is 355 g/mol. The molecule has 0 aliphatic heterocycles. The summed E-state index contributed by atoms with van der Waals surface area (Å²) in [7, 11) is 1.19. The van der Waals surface area contributed by atoms with Crippen molar-refractivity contribution in [2.45, 2.75) is 6.18 Å². The zero-order valence-corrected chi connectivity index (χ0v) is 12.6. The smallest absolute Gasteiger partial charge is 0.417 e. The van der Waals surface area contributed by atoms with E-state index >= 15 is 0 Å². The van der Waals surface area contributed by atoms with Crippen LogP contribution < -0.4 is 15.3 Å². The Labute approximate surface area is 138 Å². The van der Waals surface area contributed by atoms with Crippen molar-refractivity contribution < 1.29 is 27.9 Å². The standard InChI is InChI=1S/C14H11F3N4O4/c1-25-11-5-8(4-10(13(11)22)21(23)24)6-19-20-12-3-2-9(7-18-12)14(15,16)17/h2-7,22H,1H3,(H,18,20)/p-1/b19-6-. The summed E-state index contributed by atoms with van der Waals surface area (Å²) in [4.78, 5) is 13.5. The Hall–Kier alpha value is -3.37. The number of nitrogens with one attached hydrogen (secondary N) is 1. The van der Waals surface area contributed by atoms with Gasteiger partial charge in [0.15, 0.2) is 0 Å². The molecular weight excluding hydrogens is 345 g/mol. The quantitative estimate of drug-likeness (QED) is 0.501. The fraction of sp³-hybridized carbons (Fsp3) is 0.143. The second-order valence-electron chi connectivity index (χ2n) is 4.63. The van der Waals surface area contributed by atoms with E-state index in [2.05, 4.69) is 15.5 Å². The highest BCUT2D eigenvalue weighted by atomic mass is 19.4. The fourth-order valence-electron chi connectivity index (χ4n) is 1.77. The second-order valence-corrected chi connectivity index (χ2v) is 4.63. The maximum absolute atomic E-state index is 12.4. The molecule has 0 bridgehead atoms. The van der Waals surface area contributed by atoms with Gasteiger partial charge in [0, 0.05) is 23.6 Å². The second kappa shape index (κ2) is 7.03. The van der Waals surface area contributed by atoms with Crippen LogP contribution in [-0.4, -0.2) is 23.2 Å². The van der Waals surface area contributed by atoms with Crippen molar-refractivity contribution in [1.29, 1.82) is 0 Å². The number of benzene rings is 1. The Bertz CT molecular complexity index is 807. The van der Waals surface area contributed by atoms with E-state index in [1.165, 1.54) is 13.2 Å². The van der Waals surface area contributed by atoms with E-state index in [-0.39, 0.29) is 17.1 Å². The van der Waals surface area contributed by atoms with Crippen molar-refractivity contribution in [3.05, 3.63) is 51.7 Å². The summed E-state index contributed by atoms with van der Waals surface area (Å²) in [5.41, 5.74) is 0.962. The SMILES string of the molecule is COc1cc(/C=N\Nc2ccc(C(F)(F)F)cn2)cc([N+](=O)[O-])c1[O-]. The van der Waals surface area contributed by atoms with Gasteiger partial charge in [-0.1, -0.05) is 0 Å². The van der Waals surface area contributed by atoms with Crippen LogP contribution in [0.15, 0.2) is 35.6 Å². The number of hydrogen-bond acceptors (Lipinski definition) is 7. The zero-order chi connectivity index (χ0) is 18.6. The number of hydrazone groups is 1. The van der Waals surface area contributed by atoms with Crippen LogP contribution in [-0.2, 0) is 6.18 Å². The number of ether oxygens (including phenoxy) is 1. The van der Waals surface area contributed by atoms with E-state index in [9.17, 15) is 28.4 Å². The lowest BCUT2D eigenvalue weighted by Gasteiger charge is -2.13. The lowest BCUT2D eigenvalue weighted by molar-refractivity contribution is -0.398. The van der Waals surface area contributed by atoms with Gasteiger partial charge in [0.2, 0.25) is 0 Å². The number of hydrogen-bond donors (Lipinski definition) is 1. The highest BCUT2D eigenvalue weighted by molar-refractivity contribution is 5.83. The summed E-state index contributed by atoms with van der Waals surface area (Å²) >= 11 is 0. The van der Waals surface area contributed by atoms with Crippen molar-refractivity contribution in [2.75, 3.05) is 12.5 Å². The third kappa shape index (κ3) is 4.34. The van der Waals surface area contributed by atoms with Gasteiger partial charge in [0.25, 0.3) is 5.69 Å². The molecule has 0 unspecified atom stereocenters. The van der Waals surface area contributed by atoms with E-state index in [1.54, 1.807) is 0 Å². The van der Waals surface area contributed by atoms with Gasteiger partial charge in [-0.25, -0.2) is 4.98 Å². The van der Waals surface area contributed by atoms with Crippen molar-refractivity contribution in [3.63, 3.8) is 0 Å². The third-order valence-electron chi connectivity index (χ3n) is 2.96. The molecule has 1 aromatic carbocycles. The molecule has 11 heteroatoms. The Morgan fingerprint density at radius 3 is 2.60 bits per heavy atom. The van der Waals surface area contributed by atoms with Crippen LogP contribution in [0.3, 0.4) is 0 Å². The van der Waals surface area contributed by atoms with Gasteiger partial charge in [-0.3, -0.25) is 15.5 Å². The molecule has 0 radical (unpaired) electrons. The molecule has 0 fully saturated rings. The average molecular weight is 355 g/mol. The van der Waals surface area contributed by atoms with Crippen molar-refractivity contribution in [1.82, 2.24) is 4.98 Å². The van der Waals surface area contributed by atoms with Gasteiger partial charge in [0.1, 0.15) is 11.6 Å². The minimum atomic E-state index is -4.50. The largest absolute Gasteiger partial charge is 0.865 e. The van der Waals surface area contributed by atoms with Crippen molar-refractivity contribution in [3.8, 4) is 11.5 Å². The summed E-state index contributed by atoms with van der Waals surface area (Å²) in [5.74, 6) is -1.07. The average Bonchev–Trinajstić information content (AvgIpc) is 2.55. The normalized spacial score (nSPS) is 11.5. The molecule has 2 aromatic rings. The highest BCUT2D eigenvalue weighted by Gasteiger charge is 2.30. The number of rotatable bonds is 5. The minimum absolute atomic E-state index is 0.0335. The van der Waals surface area contributed by atoms with E-state index < -0.39 is 28.1 Å². The molecule has 1 heterocycles. The number of aromatic nitrogens is 1. The van der Waals surface area contributed by atoms with Crippen LogP contribution in [0.25, 0.3) is 0 Å². The molecule has 2 rings (SSSR count). The van der Waals surface area contributed by atoms with Crippen LogP contribution in [0.4, 0.5) is 24.7 Å². The first-order valence-electron chi connectivity index (χ1n) is 6.58. The number of pyridine rings is 1. The number of nitrogens with zero attached hydrogens (tertiary/aromatic N) is 3. The number of halogens is 3. The highest BCUT2D eigenvalue weighted by Crippen LogP contribution is 2.34. The predicted molar refractivity (Wildman–Crippen MR) is 79.6 cm³/mol. The Kier molecular flexibility index (Phi) is 5.05. The van der Waals surface area contributed by atoms with Crippen LogP contribution in [0.2, 0.25) is 0 Å². The first-order chi connectivity index (χ1) is 11.7. The Morgan fingerprint density at radius 2 is 2.08 bits per heavy atom. The lowest BCUT2D eigenvalue weighted by Crippen LogP contribution is -2.05. The number of nitro groups is 1. The summed E-state index contributed by atoms with van der Waals surface area (Å²) in [5, 5.41) is 26.2. The summed E-state index contributed by atoms with van der Waals surface area (Å²) in [6.45, 7) is 0. The maximum Gasteiger partial charge on any atom is 0.417 e. The van der Waals surface area contributed by atoms with Gasteiger partial charge in [0.05, 0.1) is 23.8 Å². The predicted octanol–water partition coefficient (Wildman–Crippen LogP) is 2.54.